The van der Waals surface area contributed by atoms with Crippen LogP contribution < -0.4 is 0 Å². The Morgan fingerprint density at radius 1 is 0.690 bits per heavy atom. The van der Waals surface area contributed by atoms with Gasteiger partial charge < -0.3 is 0 Å². The average molecular weight is 431 g/mol. The molecule has 1 unspecified atom stereocenters. The molecule has 4 rings (SSSR count). The fourth-order valence-corrected chi connectivity index (χ4v) is 5.51. The van der Waals surface area contributed by atoms with Crippen molar-refractivity contribution in [2.45, 2.75) is 14.7 Å². The Balaban J connectivity index is 0.000000207. The zero-order valence-electron chi connectivity index (χ0n) is 16.7. The molecule has 0 spiro atoms. The second-order valence-electron chi connectivity index (χ2n) is 7.23. The molecule has 0 fully saturated rings. The molecule has 147 valence electrons. The molecule has 3 aromatic carbocycles. The van der Waals surface area contributed by atoms with E-state index in [0.29, 0.717) is 0 Å². The van der Waals surface area contributed by atoms with Gasteiger partial charge in [-0.25, -0.2) is 0 Å². The quantitative estimate of drug-likeness (QED) is 0.330. The van der Waals surface area contributed by atoms with Crippen molar-refractivity contribution in [2.24, 2.45) is 0 Å². The van der Waals surface area contributed by atoms with Crippen LogP contribution in [0, 0.1) is 0 Å². The van der Waals surface area contributed by atoms with Gasteiger partial charge in [0.25, 0.3) is 0 Å². The van der Waals surface area contributed by atoms with Crippen LogP contribution in [-0.4, -0.2) is 11.0 Å². The van der Waals surface area contributed by atoms with Crippen molar-refractivity contribution in [1.29, 1.82) is 0 Å². The van der Waals surface area contributed by atoms with Crippen LogP contribution in [0.4, 0.5) is 0 Å². The van der Waals surface area contributed by atoms with Gasteiger partial charge in [0.05, 0.1) is 0 Å². The fourth-order valence-electron chi connectivity index (χ4n) is 3.38. The SMILES string of the molecule is C=C(C(=C)c1ccccc1)c1ccccc1.[CH3][Ti]([CH3])[CH]1C=Cc2ccccc21.[SiH4]. The van der Waals surface area contributed by atoms with Gasteiger partial charge in [0.15, 0.2) is 0 Å². The summed E-state index contributed by atoms with van der Waals surface area (Å²) >= 11 is -0.799. The normalized spacial score (nSPS) is 13.4. The van der Waals surface area contributed by atoms with Crippen LogP contribution in [-0.2, 0) is 17.9 Å². The third-order valence-corrected chi connectivity index (χ3v) is 7.76. The van der Waals surface area contributed by atoms with E-state index in [4.69, 9.17) is 0 Å². The standard InChI is InChI=1S/C16H14.C9H7.2CH3.H4Si.Ti/c1-13(15-9-5-3-6-10-15)14(2)16-11-7-4-8-12-16;1-2-5-9-7-3-6-8(9)4-1;;;;/h3-12H,1-2H2;1-7H;2*1H3;1H4;. The number of benzene rings is 3. The Morgan fingerprint density at radius 2 is 1.14 bits per heavy atom. The molecule has 0 aliphatic heterocycles. The summed E-state index contributed by atoms with van der Waals surface area (Å²) < 4.78 is 0.807. The van der Waals surface area contributed by atoms with Crippen molar-refractivity contribution >= 4 is 28.2 Å². The molecule has 0 saturated heterocycles. The average Bonchev–Trinajstić information content (AvgIpc) is 3.19. The Morgan fingerprint density at radius 3 is 1.62 bits per heavy atom. The van der Waals surface area contributed by atoms with Gasteiger partial charge in [-0.05, 0) is 33.2 Å². The maximum absolute atomic E-state index is 4.10. The smallest absolute Gasteiger partial charge is 0.0149 e. The number of hydrogen-bond donors (Lipinski definition) is 0. The first-order valence-corrected chi connectivity index (χ1v) is 13.7. The van der Waals surface area contributed by atoms with Crippen molar-refractivity contribution in [3.8, 4) is 0 Å². The Bertz CT molecular complexity index is 922. The number of rotatable bonds is 4. The van der Waals surface area contributed by atoms with Gasteiger partial charge in [-0.3, -0.25) is 0 Å². The molecule has 0 aromatic heterocycles. The van der Waals surface area contributed by atoms with Crippen molar-refractivity contribution in [2.75, 3.05) is 0 Å². The summed E-state index contributed by atoms with van der Waals surface area (Å²) in [5, 5.41) is 4.88. The van der Waals surface area contributed by atoms with E-state index in [1.54, 1.807) is 5.56 Å². The fraction of sp³-hybridized carbons (Fsp3) is 0.111. The van der Waals surface area contributed by atoms with Gasteiger partial charge in [-0.15, -0.1) is 0 Å². The van der Waals surface area contributed by atoms with E-state index in [1.165, 1.54) is 5.56 Å². The largest absolute Gasteiger partial charge is 0.0149 e. The van der Waals surface area contributed by atoms with E-state index in [0.717, 1.165) is 26.5 Å². The topological polar surface area (TPSA) is 0 Å². The predicted octanol–water partition coefficient (Wildman–Crippen LogP) is 6.43. The minimum absolute atomic E-state index is 0. The van der Waals surface area contributed by atoms with Gasteiger partial charge in [-0.1, -0.05) is 73.8 Å². The molecule has 29 heavy (non-hydrogen) atoms. The van der Waals surface area contributed by atoms with Gasteiger partial charge >= 0.3 is 80.1 Å². The number of hydrogen-bond acceptors (Lipinski definition) is 0. The zero-order chi connectivity index (χ0) is 19.9. The van der Waals surface area contributed by atoms with Crippen molar-refractivity contribution in [3.63, 3.8) is 0 Å². The molecule has 0 saturated carbocycles. The van der Waals surface area contributed by atoms with E-state index >= 15 is 0 Å². The molecule has 1 atom stereocenters. The second-order valence-corrected chi connectivity index (χ2v) is 11.6. The summed E-state index contributed by atoms with van der Waals surface area (Å²) in [6, 6.07) is 29.0. The van der Waals surface area contributed by atoms with Crippen molar-refractivity contribution < 1.29 is 17.9 Å². The van der Waals surface area contributed by atoms with Crippen LogP contribution in [0.25, 0.3) is 17.2 Å². The van der Waals surface area contributed by atoms with Crippen LogP contribution in [0.15, 0.2) is 104 Å². The second kappa shape index (κ2) is 11.1. The van der Waals surface area contributed by atoms with E-state index in [-0.39, 0.29) is 11.0 Å². The number of fused-ring (bicyclic) bond motifs is 1. The summed E-state index contributed by atoms with van der Waals surface area (Å²) in [6.45, 7) is 8.20. The van der Waals surface area contributed by atoms with Crippen LogP contribution in [0.5, 0.6) is 0 Å². The molecule has 3 aromatic rings. The van der Waals surface area contributed by atoms with Gasteiger partial charge in [-0.2, -0.15) is 0 Å². The summed E-state index contributed by atoms with van der Waals surface area (Å²) in [5.74, 6) is 0. The first kappa shape index (κ1) is 23.1. The first-order valence-electron chi connectivity index (χ1n) is 9.64. The zero-order valence-corrected chi connectivity index (χ0v) is 18.3. The molecule has 0 nitrogen and oxygen atoms in total. The van der Waals surface area contributed by atoms with Gasteiger partial charge in [0.2, 0.25) is 0 Å². The van der Waals surface area contributed by atoms with Gasteiger partial charge in [0, 0.05) is 0 Å². The first-order chi connectivity index (χ1) is 13.6. The summed E-state index contributed by atoms with van der Waals surface area (Å²) in [4.78, 5) is 0. The molecule has 0 N–H and O–H groups in total. The van der Waals surface area contributed by atoms with Crippen LogP contribution >= 0.6 is 0 Å². The predicted molar refractivity (Wildman–Crippen MR) is 132 cm³/mol. The van der Waals surface area contributed by atoms with Crippen LogP contribution in [0.1, 0.15) is 26.5 Å². The van der Waals surface area contributed by atoms with E-state index in [2.05, 4.69) is 84.3 Å². The summed E-state index contributed by atoms with van der Waals surface area (Å²) in [6.07, 6.45) is 4.67. The molecule has 0 bridgehead atoms. The Labute approximate surface area is 186 Å². The third-order valence-electron chi connectivity index (χ3n) is 5.03. The monoisotopic (exact) mass is 431 g/mol. The summed E-state index contributed by atoms with van der Waals surface area (Å²) in [5.41, 5.74) is 7.21. The molecular formula is C27H31SiTi. The van der Waals surface area contributed by atoms with E-state index in [1.807, 2.05) is 36.4 Å². The van der Waals surface area contributed by atoms with E-state index < -0.39 is 17.9 Å². The Hall–Kier alpha value is -2.19. The minimum atomic E-state index is -0.799. The van der Waals surface area contributed by atoms with Crippen LogP contribution in [0.3, 0.4) is 0 Å². The molecule has 0 heterocycles. The van der Waals surface area contributed by atoms with E-state index in [9.17, 15) is 0 Å². The van der Waals surface area contributed by atoms with Gasteiger partial charge in [0.1, 0.15) is 0 Å². The Kier molecular flexibility index (Phi) is 8.85. The van der Waals surface area contributed by atoms with Crippen molar-refractivity contribution in [3.05, 3.63) is 126 Å². The number of allylic oxidation sites excluding steroid dienone is 3. The maximum atomic E-state index is 4.10. The molecule has 0 amide bonds. The minimum Gasteiger partial charge on any atom is -0.0149 e. The van der Waals surface area contributed by atoms with Crippen molar-refractivity contribution in [1.82, 2.24) is 0 Å². The molecule has 1 aliphatic carbocycles. The van der Waals surface area contributed by atoms with Crippen LogP contribution in [0.2, 0.25) is 10.5 Å². The molecule has 1 aliphatic rings. The maximum Gasteiger partial charge on any atom is -0.0149 e. The molecule has 2 heteroatoms. The molecular weight excluding hydrogens is 400 g/mol. The third kappa shape index (κ3) is 5.90. The molecule has 0 radical (unpaired) electrons. The summed E-state index contributed by atoms with van der Waals surface area (Å²) in [7, 11) is 0.